The number of oxime groups is 1. The molecule has 0 saturated heterocycles. The summed E-state index contributed by atoms with van der Waals surface area (Å²) in [5, 5.41) is 16.5. The summed E-state index contributed by atoms with van der Waals surface area (Å²) in [7, 11) is 0. The van der Waals surface area contributed by atoms with Crippen LogP contribution in [-0.2, 0) is 6.54 Å². The van der Waals surface area contributed by atoms with Gasteiger partial charge in [-0.25, -0.2) is 0 Å². The SMILES string of the molecule is CC(C)N(CC(N)=NO)Cc1ccn(C2CCCCC2)n1. The number of hydrogen-bond donors (Lipinski definition) is 2. The molecule has 0 atom stereocenters. The maximum absolute atomic E-state index is 8.72. The Hall–Kier alpha value is -1.56. The van der Waals surface area contributed by atoms with Gasteiger partial charge in [-0.15, -0.1) is 0 Å². The quantitative estimate of drug-likeness (QED) is 0.365. The fourth-order valence-corrected chi connectivity index (χ4v) is 2.88. The van der Waals surface area contributed by atoms with E-state index in [4.69, 9.17) is 16.0 Å². The topological polar surface area (TPSA) is 79.7 Å². The minimum Gasteiger partial charge on any atom is -0.409 e. The second kappa shape index (κ2) is 7.45. The molecule has 0 aliphatic heterocycles. The third-order valence-electron chi connectivity index (χ3n) is 4.20. The van der Waals surface area contributed by atoms with Gasteiger partial charge in [0.05, 0.1) is 18.3 Å². The number of nitrogens with two attached hydrogens (primary N) is 1. The van der Waals surface area contributed by atoms with Gasteiger partial charge in [0, 0.05) is 18.8 Å². The van der Waals surface area contributed by atoms with E-state index in [-0.39, 0.29) is 5.84 Å². The van der Waals surface area contributed by atoms with Crippen LogP contribution in [0.1, 0.15) is 57.7 Å². The van der Waals surface area contributed by atoms with Gasteiger partial charge in [-0.1, -0.05) is 24.4 Å². The van der Waals surface area contributed by atoms with Gasteiger partial charge >= 0.3 is 0 Å². The maximum Gasteiger partial charge on any atom is 0.153 e. The molecule has 0 spiro atoms. The van der Waals surface area contributed by atoms with Gasteiger partial charge in [-0.05, 0) is 32.8 Å². The van der Waals surface area contributed by atoms with Gasteiger partial charge in [0.25, 0.3) is 0 Å². The Kier molecular flexibility index (Phi) is 5.61. The molecule has 0 radical (unpaired) electrons. The predicted octanol–water partition coefficient (Wildman–Crippen LogP) is 2.35. The summed E-state index contributed by atoms with van der Waals surface area (Å²) in [6, 6.07) is 2.95. The minimum atomic E-state index is 0.232. The van der Waals surface area contributed by atoms with E-state index >= 15 is 0 Å². The number of nitrogens with zero attached hydrogens (tertiary/aromatic N) is 4. The molecule has 118 valence electrons. The van der Waals surface area contributed by atoms with Crippen molar-refractivity contribution in [3.63, 3.8) is 0 Å². The lowest BCUT2D eigenvalue weighted by Gasteiger charge is -2.25. The third kappa shape index (κ3) is 4.46. The smallest absolute Gasteiger partial charge is 0.153 e. The molecule has 0 bridgehead atoms. The van der Waals surface area contributed by atoms with E-state index in [0.29, 0.717) is 25.2 Å². The first-order valence-corrected chi connectivity index (χ1v) is 7.84. The monoisotopic (exact) mass is 293 g/mol. The van der Waals surface area contributed by atoms with Gasteiger partial charge in [-0.3, -0.25) is 9.58 Å². The summed E-state index contributed by atoms with van der Waals surface area (Å²) in [5.41, 5.74) is 6.66. The first kappa shape index (κ1) is 15.8. The van der Waals surface area contributed by atoms with Crippen molar-refractivity contribution in [3.8, 4) is 0 Å². The number of aromatic nitrogens is 2. The Morgan fingerprint density at radius 3 is 2.81 bits per heavy atom. The predicted molar refractivity (Wildman–Crippen MR) is 83.3 cm³/mol. The van der Waals surface area contributed by atoms with Crippen LogP contribution in [0.15, 0.2) is 17.4 Å². The Labute approximate surface area is 126 Å². The molecule has 2 rings (SSSR count). The van der Waals surface area contributed by atoms with Crippen molar-refractivity contribution < 1.29 is 5.21 Å². The van der Waals surface area contributed by atoms with E-state index in [1.807, 2.05) is 0 Å². The van der Waals surface area contributed by atoms with Crippen molar-refractivity contribution in [1.82, 2.24) is 14.7 Å². The Bertz CT molecular complexity index is 462. The lowest BCUT2D eigenvalue weighted by atomic mass is 9.96. The second-order valence-corrected chi connectivity index (χ2v) is 6.17. The van der Waals surface area contributed by atoms with Gasteiger partial charge in [0.2, 0.25) is 0 Å². The molecule has 1 aromatic heterocycles. The molecule has 0 unspecified atom stereocenters. The summed E-state index contributed by atoms with van der Waals surface area (Å²) in [6.07, 6.45) is 8.53. The summed E-state index contributed by atoms with van der Waals surface area (Å²) < 4.78 is 2.12. The third-order valence-corrected chi connectivity index (χ3v) is 4.20. The zero-order chi connectivity index (χ0) is 15.2. The maximum atomic E-state index is 8.72. The van der Waals surface area contributed by atoms with Crippen LogP contribution in [0.25, 0.3) is 0 Å². The molecular formula is C15H27N5O. The standard InChI is InChI=1S/C15H27N5O/c1-12(2)19(11-15(16)18-21)10-13-8-9-20(17-13)14-6-4-3-5-7-14/h8-9,12,14,21H,3-7,10-11H2,1-2H3,(H2,16,18). The summed E-state index contributed by atoms with van der Waals surface area (Å²) in [5.74, 6) is 0.232. The van der Waals surface area contributed by atoms with Crippen LogP contribution in [0, 0.1) is 0 Å². The van der Waals surface area contributed by atoms with Gasteiger partial charge in [0.15, 0.2) is 5.84 Å². The zero-order valence-corrected chi connectivity index (χ0v) is 13.1. The largest absolute Gasteiger partial charge is 0.409 e. The molecule has 3 N–H and O–H groups in total. The van der Waals surface area contributed by atoms with Gasteiger partial charge in [0.1, 0.15) is 0 Å². The molecule has 1 fully saturated rings. The van der Waals surface area contributed by atoms with Crippen molar-refractivity contribution in [2.24, 2.45) is 10.9 Å². The highest BCUT2D eigenvalue weighted by molar-refractivity contribution is 5.81. The molecule has 6 nitrogen and oxygen atoms in total. The van der Waals surface area contributed by atoms with E-state index in [1.165, 1.54) is 32.1 Å². The first-order valence-electron chi connectivity index (χ1n) is 7.84. The molecule has 1 aliphatic carbocycles. The average Bonchev–Trinajstić information content (AvgIpc) is 2.95. The van der Waals surface area contributed by atoms with E-state index in [1.54, 1.807) is 0 Å². The molecule has 1 aliphatic rings. The molecular weight excluding hydrogens is 266 g/mol. The van der Waals surface area contributed by atoms with Crippen LogP contribution in [0.4, 0.5) is 0 Å². The Morgan fingerprint density at radius 1 is 1.48 bits per heavy atom. The molecule has 1 aromatic rings. The van der Waals surface area contributed by atoms with Crippen molar-refractivity contribution in [1.29, 1.82) is 0 Å². The summed E-state index contributed by atoms with van der Waals surface area (Å²) in [6.45, 7) is 5.36. The fourth-order valence-electron chi connectivity index (χ4n) is 2.88. The van der Waals surface area contributed by atoms with Crippen molar-refractivity contribution in [2.45, 2.75) is 64.6 Å². The van der Waals surface area contributed by atoms with E-state index < -0.39 is 0 Å². The number of hydrogen-bond acceptors (Lipinski definition) is 4. The molecule has 1 saturated carbocycles. The van der Waals surface area contributed by atoms with Crippen LogP contribution in [0.5, 0.6) is 0 Å². The second-order valence-electron chi connectivity index (χ2n) is 6.17. The highest BCUT2D eigenvalue weighted by Crippen LogP contribution is 2.27. The minimum absolute atomic E-state index is 0.232. The Morgan fingerprint density at radius 2 is 2.19 bits per heavy atom. The van der Waals surface area contributed by atoms with Crippen LogP contribution in [0.3, 0.4) is 0 Å². The zero-order valence-electron chi connectivity index (χ0n) is 13.1. The van der Waals surface area contributed by atoms with Crippen LogP contribution >= 0.6 is 0 Å². The summed E-state index contributed by atoms with van der Waals surface area (Å²) in [4.78, 5) is 2.14. The van der Waals surface area contributed by atoms with E-state index in [0.717, 1.165) is 5.69 Å². The number of amidine groups is 1. The molecule has 21 heavy (non-hydrogen) atoms. The summed E-state index contributed by atoms with van der Waals surface area (Å²) >= 11 is 0. The van der Waals surface area contributed by atoms with Gasteiger partial charge in [-0.2, -0.15) is 5.10 Å². The van der Waals surface area contributed by atoms with Crippen molar-refractivity contribution >= 4 is 5.84 Å². The van der Waals surface area contributed by atoms with Crippen molar-refractivity contribution in [3.05, 3.63) is 18.0 Å². The van der Waals surface area contributed by atoms with Crippen LogP contribution < -0.4 is 5.73 Å². The Balaban J connectivity index is 1.99. The first-order chi connectivity index (χ1) is 10.1. The fraction of sp³-hybridized carbons (Fsp3) is 0.733. The normalized spacial score (nSPS) is 17.8. The highest BCUT2D eigenvalue weighted by atomic mass is 16.4. The van der Waals surface area contributed by atoms with Crippen LogP contribution in [0.2, 0.25) is 0 Å². The average molecular weight is 293 g/mol. The van der Waals surface area contributed by atoms with E-state index in [2.05, 4.69) is 40.8 Å². The molecule has 0 aromatic carbocycles. The lowest BCUT2D eigenvalue weighted by molar-refractivity contribution is 0.234. The highest BCUT2D eigenvalue weighted by Gasteiger charge is 2.18. The number of rotatable bonds is 6. The van der Waals surface area contributed by atoms with Crippen molar-refractivity contribution in [2.75, 3.05) is 6.54 Å². The van der Waals surface area contributed by atoms with E-state index in [9.17, 15) is 0 Å². The lowest BCUT2D eigenvalue weighted by Crippen LogP contribution is -2.38. The van der Waals surface area contributed by atoms with Gasteiger partial charge < -0.3 is 10.9 Å². The molecule has 1 heterocycles. The molecule has 0 amide bonds. The molecule has 6 heteroatoms. The van der Waals surface area contributed by atoms with Crippen LogP contribution in [-0.4, -0.2) is 38.3 Å².